The third-order valence-electron chi connectivity index (χ3n) is 2.14. The maximum atomic E-state index is 11.2. The zero-order valence-electron chi connectivity index (χ0n) is 8.00. The molecule has 0 bridgehead atoms. The first-order valence-electron chi connectivity index (χ1n) is 4.20. The number of methoxy groups -OCH3 is 1. The fourth-order valence-electron chi connectivity index (χ4n) is 1.38. The summed E-state index contributed by atoms with van der Waals surface area (Å²) < 4.78 is 4.62. The number of hydrogen-bond donors (Lipinski definition) is 2. The van der Waals surface area contributed by atoms with Gasteiger partial charge in [0.15, 0.2) is 0 Å². The summed E-state index contributed by atoms with van der Waals surface area (Å²) in [6.45, 7) is 0. The average Bonchev–Trinajstić information content (AvgIpc) is 2.59. The number of benzene rings is 1. The van der Waals surface area contributed by atoms with Gasteiger partial charge in [-0.15, -0.1) is 5.53 Å². The number of anilines is 2. The molecule has 5 nitrogen and oxygen atoms in total. The predicted octanol–water partition coefficient (Wildman–Crippen LogP) is 0.754. The highest BCUT2D eigenvalue weighted by Gasteiger charge is 2.16. The van der Waals surface area contributed by atoms with Crippen molar-refractivity contribution in [2.75, 3.05) is 24.6 Å². The van der Waals surface area contributed by atoms with E-state index in [2.05, 4.69) is 15.7 Å². The van der Waals surface area contributed by atoms with E-state index >= 15 is 0 Å². The lowest BCUT2D eigenvalue weighted by Crippen LogP contribution is -2.31. The van der Waals surface area contributed by atoms with E-state index in [0.29, 0.717) is 5.56 Å². The normalized spacial score (nSPS) is 13.4. The van der Waals surface area contributed by atoms with E-state index in [1.807, 2.05) is 18.1 Å². The fraction of sp³-hybridized carbons (Fsp3) is 0.222. The van der Waals surface area contributed by atoms with Crippen LogP contribution in [0.5, 0.6) is 0 Å². The van der Waals surface area contributed by atoms with E-state index in [9.17, 15) is 4.79 Å². The molecule has 74 valence electrons. The second kappa shape index (κ2) is 3.19. The SMILES string of the molecule is COC(=O)c1ccc2c(c1)NNN2C. The standard InChI is InChI=1S/C9H11N3O2/c1-12-8-4-3-6(9(13)14-2)5-7(8)10-11-12/h3-5,10-11H,1-2H3. The minimum atomic E-state index is -0.329. The van der Waals surface area contributed by atoms with Crippen molar-refractivity contribution in [3.63, 3.8) is 0 Å². The molecule has 0 aromatic heterocycles. The fourth-order valence-corrected chi connectivity index (χ4v) is 1.38. The Balaban J connectivity index is 2.37. The molecule has 0 fully saturated rings. The summed E-state index contributed by atoms with van der Waals surface area (Å²) >= 11 is 0. The molecule has 2 rings (SSSR count). The van der Waals surface area contributed by atoms with Crippen LogP contribution in [0.15, 0.2) is 18.2 Å². The Morgan fingerprint density at radius 3 is 3.00 bits per heavy atom. The van der Waals surface area contributed by atoms with Crippen LogP contribution in [0.3, 0.4) is 0 Å². The molecular formula is C9H11N3O2. The van der Waals surface area contributed by atoms with E-state index in [-0.39, 0.29) is 5.97 Å². The molecule has 5 heteroatoms. The summed E-state index contributed by atoms with van der Waals surface area (Å²) in [7, 11) is 3.25. The molecule has 0 saturated carbocycles. The number of rotatable bonds is 1. The highest BCUT2D eigenvalue weighted by atomic mass is 16.5. The molecule has 1 aliphatic heterocycles. The smallest absolute Gasteiger partial charge is 0.337 e. The number of hydrogen-bond acceptors (Lipinski definition) is 5. The largest absolute Gasteiger partial charge is 0.465 e. The predicted molar refractivity (Wildman–Crippen MR) is 52.9 cm³/mol. The molecule has 1 aromatic rings. The van der Waals surface area contributed by atoms with Crippen molar-refractivity contribution >= 4 is 17.3 Å². The molecular weight excluding hydrogens is 182 g/mol. The number of fused-ring (bicyclic) bond motifs is 1. The summed E-state index contributed by atoms with van der Waals surface area (Å²) in [6.07, 6.45) is 0. The number of carbonyl (C=O) groups is 1. The topological polar surface area (TPSA) is 53.6 Å². The number of nitrogens with one attached hydrogen (secondary N) is 2. The van der Waals surface area contributed by atoms with Gasteiger partial charge in [-0.25, -0.2) is 4.79 Å². The third kappa shape index (κ3) is 1.27. The van der Waals surface area contributed by atoms with Gasteiger partial charge in [0.25, 0.3) is 0 Å². The van der Waals surface area contributed by atoms with Crippen molar-refractivity contribution in [2.45, 2.75) is 0 Å². The molecule has 1 aliphatic rings. The van der Waals surface area contributed by atoms with Gasteiger partial charge in [0.1, 0.15) is 0 Å². The van der Waals surface area contributed by atoms with Gasteiger partial charge in [-0.1, -0.05) is 0 Å². The van der Waals surface area contributed by atoms with Crippen LogP contribution in [-0.4, -0.2) is 20.1 Å². The second-order valence-corrected chi connectivity index (χ2v) is 3.02. The van der Waals surface area contributed by atoms with Crippen molar-refractivity contribution in [3.8, 4) is 0 Å². The van der Waals surface area contributed by atoms with E-state index in [4.69, 9.17) is 0 Å². The molecule has 0 spiro atoms. The minimum Gasteiger partial charge on any atom is -0.465 e. The second-order valence-electron chi connectivity index (χ2n) is 3.02. The lowest BCUT2D eigenvalue weighted by molar-refractivity contribution is 0.0601. The number of nitrogens with zero attached hydrogens (tertiary/aromatic N) is 1. The summed E-state index contributed by atoms with van der Waals surface area (Å²) in [6, 6.07) is 5.34. The van der Waals surface area contributed by atoms with Gasteiger partial charge in [0, 0.05) is 7.05 Å². The van der Waals surface area contributed by atoms with Crippen LogP contribution in [0.25, 0.3) is 0 Å². The van der Waals surface area contributed by atoms with Crippen molar-refractivity contribution in [1.29, 1.82) is 0 Å². The Hall–Kier alpha value is -1.75. The first-order chi connectivity index (χ1) is 6.72. The minimum absolute atomic E-state index is 0.329. The number of ether oxygens (including phenoxy) is 1. The number of carbonyl (C=O) groups excluding carboxylic acids is 1. The van der Waals surface area contributed by atoms with Crippen LogP contribution >= 0.6 is 0 Å². The molecule has 0 radical (unpaired) electrons. The molecule has 0 unspecified atom stereocenters. The molecule has 2 N–H and O–H groups in total. The Kier molecular flexibility index (Phi) is 2.01. The van der Waals surface area contributed by atoms with Crippen LogP contribution in [0.4, 0.5) is 11.4 Å². The first-order valence-corrected chi connectivity index (χ1v) is 4.20. The zero-order valence-corrected chi connectivity index (χ0v) is 8.00. The van der Waals surface area contributed by atoms with E-state index in [1.165, 1.54) is 7.11 Å². The number of esters is 1. The zero-order chi connectivity index (χ0) is 10.1. The Morgan fingerprint density at radius 1 is 1.50 bits per heavy atom. The Bertz CT molecular complexity index is 378. The Morgan fingerprint density at radius 2 is 2.29 bits per heavy atom. The summed E-state index contributed by atoms with van der Waals surface area (Å²) in [5.74, 6) is -0.329. The highest BCUT2D eigenvalue weighted by molar-refractivity contribution is 5.92. The lowest BCUT2D eigenvalue weighted by Gasteiger charge is -2.09. The van der Waals surface area contributed by atoms with Gasteiger partial charge < -0.3 is 10.2 Å². The lowest BCUT2D eigenvalue weighted by atomic mass is 10.2. The summed E-state index contributed by atoms with van der Waals surface area (Å²) in [4.78, 5) is 11.2. The van der Waals surface area contributed by atoms with Crippen LogP contribution in [0, 0.1) is 0 Å². The van der Waals surface area contributed by atoms with Crippen molar-refractivity contribution < 1.29 is 9.53 Å². The molecule has 1 heterocycles. The third-order valence-corrected chi connectivity index (χ3v) is 2.14. The van der Waals surface area contributed by atoms with Gasteiger partial charge in [0.05, 0.1) is 24.0 Å². The quantitative estimate of drug-likeness (QED) is 0.645. The van der Waals surface area contributed by atoms with Crippen LogP contribution in [0.2, 0.25) is 0 Å². The molecule has 0 amide bonds. The molecule has 0 saturated heterocycles. The van der Waals surface area contributed by atoms with Crippen molar-refractivity contribution in [2.24, 2.45) is 0 Å². The highest BCUT2D eigenvalue weighted by Crippen LogP contribution is 2.28. The van der Waals surface area contributed by atoms with Gasteiger partial charge in [-0.05, 0) is 18.2 Å². The van der Waals surface area contributed by atoms with Gasteiger partial charge in [-0.3, -0.25) is 5.01 Å². The molecule has 0 atom stereocenters. The van der Waals surface area contributed by atoms with E-state index in [1.54, 1.807) is 12.1 Å². The van der Waals surface area contributed by atoms with Gasteiger partial charge >= 0.3 is 5.97 Å². The molecule has 0 aliphatic carbocycles. The average molecular weight is 193 g/mol. The van der Waals surface area contributed by atoms with Crippen LogP contribution in [0.1, 0.15) is 10.4 Å². The van der Waals surface area contributed by atoms with E-state index < -0.39 is 0 Å². The van der Waals surface area contributed by atoms with Crippen LogP contribution < -0.4 is 16.0 Å². The first kappa shape index (κ1) is 8.83. The summed E-state index contributed by atoms with van der Waals surface area (Å²) in [5.41, 5.74) is 8.24. The van der Waals surface area contributed by atoms with Crippen LogP contribution in [-0.2, 0) is 4.74 Å². The Labute approximate surface area is 81.6 Å². The monoisotopic (exact) mass is 193 g/mol. The summed E-state index contributed by atoms with van der Waals surface area (Å²) in [5, 5.41) is 1.83. The van der Waals surface area contributed by atoms with Gasteiger partial charge in [0.2, 0.25) is 0 Å². The maximum Gasteiger partial charge on any atom is 0.337 e. The van der Waals surface area contributed by atoms with Gasteiger partial charge in [-0.2, -0.15) is 0 Å². The van der Waals surface area contributed by atoms with Crippen molar-refractivity contribution in [1.82, 2.24) is 5.53 Å². The molecule has 1 aromatic carbocycles. The van der Waals surface area contributed by atoms with Crippen molar-refractivity contribution in [3.05, 3.63) is 23.8 Å². The molecule has 14 heavy (non-hydrogen) atoms. The number of hydrazine groups is 2. The maximum absolute atomic E-state index is 11.2. The van der Waals surface area contributed by atoms with E-state index in [0.717, 1.165) is 11.4 Å².